The minimum atomic E-state index is -0.951. The number of carbonyl (C=O) groups excluding carboxylic acids is 1. The van der Waals surface area contributed by atoms with E-state index in [1.54, 1.807) is 0 Å². The van der Waals surface area contributed by atoms with Crippen molar-refractivity contribution in [3.63, 3.8) is 0 Å². The molecule has 2 N–H and O–H groups in total. The van der Waals surface area contributed by atoms with E-state index in [0.29, 0.717) is 6.54 Å². The van der Waals surface area contributed by atoms with Crippen molar-refractivity contribution in [1.82, 2.24) is 9.88 Å². The molecule has 0 saturated heterocycles. The average molecular weight is 266 g/mol. The molecule has 0 aliphatic carbocycles. The fourth-order valence-electron chi connectivity index (χ4n) is 1.71. The van der Waals surface area contributed by atoms with Gasteiger partial charge in [-0.2, -0.15) is 0 Å². The van der Waals surface area contributed by atoms with Gasteiger partial charge in [-0.05, 0) is 12.0 Å². The van der Waals surface area contributed by atoms with Crippen LogP contribution in [-0.4, -0.2) is 40.0 Å². The molecule has 19 heavy (non-hydrogen) atoms. The molecule has 0 atom stereocenters. The first-order chi connectivity index (χ1) is 8.90. The third-order valence-electron chi connectivity index (χ3n) is 2.49. The Labute approximate surface area is 111 Å². The molecule has 0 saturated carbocycles. The number of hydrogen-bond acceptors (Lipinski definition) is 3. The summed E-state index contributed by atoms with van der Waals surface area (Å²) in [6.45, 7) is 4.48. The summed E-state index contributed by atoms with van der Waals surface area (Å²) in [6.07, 6.45) is 1.29. The Bertz CT molecular complexity index is 507. The third-order valence-corrected chi connectivity index (χ3v) is 2.49. The predicted molar refractivity (Wildman–Crippen MR) is 70.1 cm³/mol. The van der Waals surface area contributed by atoms with Gasteiger partial charge >= 0.3 is 5.97 Å². The zero-order chi connectivity index (χ0) is 14.4. The van der Waals surface area contributed by atoms with E-state index in [1.165, 1.54) is 23.2 Å². The molecule has 104 valence electrons. The smallest absolute Gasteiger partial charge is 0.305 e. The largest absolute Gasteiger partial charge is 0.481 e. The van der Waals surface area contributed by atoms with Crippen LogP contribution >= 0.6 is 0 Å². The van der Waals surface area contributed by atoms with Crippen molar-refractivity contribution in [2.75, 3.05) is 13.1 Å². The summed E-state index contributed by atoms with van der Waals surface area (Å²) >= 11 is 0. The van der Waals surface area contributed by atoms with Crippen LogP contribution in [0.5, 0.6) is 0 Å². The number of aliphatic carboxylic acids is 1. The standard InChI is InChI=1S/C13H18N2O4/c1-9(2)8-15(6-4-12(17)18)13(19)10-3-5-14-11(16)7-10/h3,5,7,9H,4,6,8H2,1-2H3,(H,14,16)(H,17,18). The van der Waals surface area contributed by atoms with Crippen LogP contribution in [0.2, 0.25) is 0 Å². The lowest BCUT2D eigenvalue weighted by Crippen LogP contribution is -2.36. The minimum Gasteiger partial charge on any atom is -0.481 e. The van der Waals surface area contributed by atoms with Crippen LogP contribution in [0.15, 0.2) is 23.1 Å². The molecule has 1 aromatic rings. The van der Waals surface area contributed by atoms with E-state index >= 15 is 0 Å². The predicted octanol–water partition coefficient (Wildman–Crippen LogP) is 0.948. The molecule has 0 aliphatic heterocycles. The maximum atomic E-state index is 12.2. The van der Waals surface area contributed by atoms with E-state index in [1.807, 2.05) is 13.8 Å². The normalized spacial score (nSPS) is 10.5. The number of amides is 1. The highest BCUT2D eigenvalue weighted by atomic mass is 16.4. The van der Waals surface area contributed by atoms with Crippen molar-refractivity contribution in [3.05, 3.63) is 34.2 Å². The first kappa shape index (κ1) is 14.9. The second-order valence-corrected chi connectivity index (χ2v) is 4.73. The molecular weight excluding hydrogens is 248 g/mol. The Morgan fingerprint density at radius 3 is 2.63 bits per heavy atom. The second kappa shape index (κ2) is 6.72. The number of carbonyl (C=O) groups is 2. The molecule has 0 aliphatic rings. The van der Waals surface area contributed by atoms with E-state index < -0.39 is 5.97 Å². The molecule has 6 nitrogen and oxygen atoms in total. The van der Waals surface area contributed by atoms with Gasteiger partial charge in [-0.1, -0.05) is 13.8 Å². The summed E-state index contributed by atoms with van der Waals surface area (Å²) in [5.41, 5.74) is -0.0802. The number of aromatic amines is 1. The quantitative estimate of drug-likeness (QED) is 0.802. The van der Waals surface area contributed by atoms with E-state index in [-0.39, 0.29) is 35.9 Å². The molecule has 0 fully saturated rings. The number of nitrogens with one attached hydrogen (secondary N) is 1. The van der Waals surface area contributed by atoms with Gasteiger partial charge in [0, 0.05) is 30.9 Å². The van der Waals surface area contributed by atoms with Crippen molar-refractivity contribution in [3.8, 4) is 0 Å². The molecule has 0 spiro atoms. The number of aromatic nitrogens is 1. The van der Waals surface area contributed by atoms with Crippen molar-refractivity contribution < 1.29 is 14.7 Å². The van der Waals surface area contributed by atoms with Gasteiger partial charge in [-0.15, -0.1) is 0 Å². The number of nitrogens with zero attached hydrogens (tertiary/aromatic N) is 1. The maximum absolute atomic E-state index is 12.2. The van der Waals surface area contributed by atoms with Crippen LogP contribution < -0.4 is 5.56 Å². The van der Waals surface area contributed by atoms with Gasteiger partial charge in [0.1, 0.15) is 0 Å². The molecule has 0 unspecified atom stereocenters. The van der Waals surface area contributed by atoms with Gasteiger partial charge in [0.25, 0.3) is 5.91 Å². The third kappa shape index (κ3) is 4.95. The molecule has 0 bridgehead atoms. The number of carboxylic acid groups (broad SMARTS) is 1. The summed E-state index contributed by atoms with van der Waals surface area (Å²) < 4.78 is 0. The summed E-state index contributed by atoms with van der Waals surface area (Å²) in [5.74, 6) is -1.05. The van der Waals surface area contributed by atoms with Crippen molar-refractivity contribution in [1.29, 1.82) is 0 Å². The summed E-state index contributed by atoms with van der Waals surface area (Å²) in [4.78, 5) is 37.9. The van der Waals surface area contributed by atoms with E-state index in [2.05, 4.69) is 4.98 Å². The highest BCUT2D eigenvalue weighted by molar-refractivity contribution is 5.94. The fraction of sp³-hybridized carbons (Fsp3) is 0.462. The van der Waals surface area contributed by atoms with Gasteiger partial charge in [-0.25, -0.2) is 0 Å². The summed E-state index contributed by atoms with van der Waals surface area (Å²) in [5, 5.41) is 8.70. The Morgan fingerprint density at radius 2 is 2.11 bits per heavy atom. The van der Waals surface area contributed by atoms with E-state index in [4.69, 9.17) is 5.11 Å². The van der Waals surface area contributed by atoms with Crippen LogP contribution in [0, 0.1) is 5.92 Å². The van der Waals surface area contributed by atoms with Gasteiger partial charge < -0.3 is 15.0 Å². The lowest BCUT2D eigenvalue weighted by Gasteiger charge is -2.23. The molecule has 1 aromatic heterocycles. The second-order valence-electron chi connectivity index (χ2n) is 4.73. The zero-order valence-electron chi connectivity index (χ0n) is 11.0. The van der Waals surface area contributed by atoms with E-state index in [0.717, 1.165) is 0 Å². The first-order valence-corrected chi connectivity index (χ1v) is 6.10. The summed E-state index contributed by atoms with van der Waals surface area (Å²) in [6, 6.07) is 2.73. The van der Waals surface area contributed by atoms with Crippen LogP contribution in [0.3, 0.4) is 0 Å². The Hall–Kier alpha value is -2.11. The lowest BCUT2D eigenvalue weighted by molar-refractivity contribution is -0.137. The monoisotopic (exact) mass is 266 g/mol. The van der Waals surface area contributed by atoms with Crippen LogP contribution in [0.1, 0.15) is 30.6 Å². The van der Waals surface area contributed by atoms with Crippen molar-refractivity contribution >= 4 is 11.9 Å². The lowest BCUT2D eigenvalue weighted by atomic mass is 10.1. The molecule has 6 heteroatoms. The van der Waals surface area contributed by atoms with Crippen molar-refractivity contribution in [2.45, 2.75) is 20.3 Å². The average Bonchev–Trinajstić information content (AvgIpc) is 2.33. The summed E-state index contributed by atoms with van der Waals surface area (Å²) in [7, 11) is 0. The highest BCUT2D eigenvalue weighted by Gasteiger charge is 2.18. The van der Waals surface area contributed by atoms with Gasteiger partial charge in [0.15, 0.2) is 0 Å². The maximum Gasteiger partial charge on any atom is 0.305 e. The number of pyridine rings is 1. The molecule has 0 radical (unpaired) electrons. The molecule has 0 aromatic carbocycles. The van der Waals surface area contributed by atoms with Gasteiger partial charge in [0.05, 0.1) is 6.42 Å². The topological polar surface area (TPSA) is 90.5 Å². The van der Waals surface area contributed by atoms with Gasteiger partial charge in [-0.3, -0.25) is 14.4 Å². The molecular formula is C13H18N2O4. The SMILES string of the molecule is CC(C)CN(CCC(=O)O)C(=O)c1cc[nH]c(=O)c1. The Balaban J connectivity index is 2.86. The number of hydrogen-bond donors (Lipinski definition) is 2. The van der Waals surface area contributed by atoms with Crippen molar-refractivity contribution in [2.24, 2.45) is 5.92 Å². The zero-order valence-corrected chi connectivity index (χ0v) is 11.0. The van der Waals surface area contributed by atoms with Crippen LogP contribution in [0.25, 0.3) is 0 Å². The van der Waals surface area contributed by atoms with Gasteiger partial charge in [0.2, 0.25) is 5.56 Å². The minimum absolute atomic E-state index is 0.109. The highest BCUT2D eigenvalue weighted by Crippen LogP contribution is 2.06. The first-order valence-electron chi connectivity index (χ1n) is 6.10. The molecule has 1 rings (SSSR count). The van der Waals surface area contributed by atoms with E-state index in [9.17, 15) is 14.4 Å². The molecule has 1 heterocycles. The molecule has 1 amide bonds. The van der Waals surface area contributed by atoms with Crippen LogP contribution in [-0.2, 0) is 4.79 Å². The number of rotatable bonds is 6. The number of H-pyrrole nitrogens is 1. The Morgan fingerprint density at radius 1 is 1.42 bits per heavy atom. The Kier molecular flexibility index (Phi) is 5.29. The number of carboxylic acids is 1. The van der Waals surface area contributed by atoms with Crippen LogP contribution in [0.4, 0.5) is 0 Å². The fourth-order valence-corrected chi connectivity index (χ4v) is 1.71.